The van der Waals surface area contributed by atoms with E-state index in [9.17, 15) is 18.0 Å². The Labute approximate surface area is 177 Å². The molecule has 0 spiro atoms. The molecule has 1 aliphatic heterocycles. The van der Waals surface area contributed by atoms with Crippen molar-refractivity contribution in [1.29, 1.82) is 0 Å². The second-order valence-electron chi connectivity index (χ2n) is 6.96. The Morgan fingerprint density at radius 3 is 2.74 bits per heavy atom. The van der Waals surface area contributed by atoms with Gasteiger partial charge in [-0.25, -0.2) is 23.3 Å². The van der Waals surface area contributed by atoms with Crippen LogP contribution in [0.4, 0.5) is 5.69 Å². The number of nitrogens with zero attached hydrogens (tertiary/aromatic N) is 3. The van der Waals surface area contributed by atoms with Crippen molar-refractivity contribution in [3.8, 4) is 11.6 Å². The first-order valence-corrected chi connectivity index (χ1v) is 10.7. The van der Waals surface area contributed by atoms with Crippen molar-refractivity contribution in [3.63, 3.8) is 0 Å². The highest BCUT2D eigenvalue weighted by molar-refractivity contribution is 7.89. The summed E-state index contributed by atoms with van der Waals surface area (Å²) in [5.41, 5.74) is 1.63. The number of carbonyl (C=O) groups excluding carboxylic acids is 2. The zero-order chi connectivity index (χ0) is 22.3. The summed E-state index contributed by atoms with van der Waals surface area (Å²) >= 11 is 0. The van der Waals surface area contributed by atoms with E-state index in [0.717, 1.165) is 0 Å². The molecule has 0 amide bonds. The van der Waals surface area contributed by atoms with Crippen LogP contribution >= 0.6 is 0 Å². The third-order valence-electron chi connectivity index (χ3n) is 4.81. The summed E-state index contributed by atoms with van der Waals surface area (Å²) in [6, 6.07) is 7.75. The number of ketones is 1. The molecule has 4 rings (SSSR count). The molecule has 2 N–H and O–H groups in total. The van der Waals surface area contributed by atoms with Gasteiger partial charge in [0.05, 0.1) is 23.9 Å². The molecule has 0 bridgehead atoms. The minimum Gasteiger partial charge on any atom is -0.481 e. The molecule has 1 aliphatic rings. The van der Waals surface area contributed by atoms with Gasteiger partial charge in [-0.1, -0.05) is 6.07 Å². The molecule has 0 aliphatic carbocycles. The van der Waals surface area contributed by atoms with Gasteiger partial charge >= 0.3 is 5.97 Å². The summed E-state index contributed by atoms with van der Waals surface area (Å²) in [7, 11) is -2.56. The first kappa shape index (κ1) is 20.7. The fourth-order valence-electron chi connectivity index (χ4n) is 3.49. The van der Waals surface area contributed by atoms with Crippen LogP contribution in [-0.2, 0) is 21.4 Å². The number of aromatic nitrogens is 2. The number of esters is 1. The van der Waals surface area contributed by atoms with E-state index in [1.807, 2.05) is 0 Å². The van der Waals surface area contributed by atoms with E-state index >= 15 is 0 Å². The van der Waals surface area contributed by atoms with E-state index in [2.05, 4.69) is 9.97 Å². The number of methoxy groups -OCH3 is 1. The van der Waals surface area contributed by atoms with Gasteiger partial charge in [0.1, 0.15) is 6.54 Å². The first-order chi connectivity index (χ1) is 14.7. The minimum atomic E-state index is -4.06. The number of primary sulfonamides is 1. The summed E-state index contributed by atoms with van der Waals surface area (Å²) in [5.74, 6) is -0.231. The Balaban J connectivity index is 1.80. The SMILES string of the molecule is COc1ccc2c3c(cnc2n1)OC(=O)CN3Cc1ccc(S(N)(=O)=O)c(C(C)=O)c1. The smallest absolute Gasteiger partial charge is 0.331 e. The standard InChI is InChI=1S/C20H18N4O6S/c1-11(25)14-7-12(3-5-16(14)31(21,27)28)9-24-10-18(26)30-15-8-22-20-13(19(15)24)4-6-17(23-20)29-2/h3-8H,9-10H2,1-2H3,(H2,21,27,28). The fraction of sp³-hybridized carbons (Fsp3) is 0.200. The van der Waals surface area contributed by atoms with Crippen LogP contribution in [-0.4, -0.2) is 43.8 Å². The normalized spacial score (nSPS) is 13.6. The maximum Gasteiger partial charge on any atom is 0.331 e. The average Bonchev–Trinajstić information content (AvgIpc) is 2.71. The van der Waals surface area contributed by atoms with Gasteiger partial charge < -0.3 is 14.4 Å². The van der Waals surface area contributed by atoms with Gasteiger partial charge in [-0.3, -0.25) is 4.79 Å². The molecule has 11 heteroatoms. The molecule has 0 saturated heterocycles. The number of rotatable bonds is 5. The zero-order valence-electron chi connectivity index (χ0n) is 16.7. The van der Waals surface area contributed by atoms with E-state index in [1.165, 1.54) is 32.4 Å². The number of carbonyl (C=O) groups is 2. The lowest BCUT2D eigenvalue weighted by atomic mass is 10.1. The van der Waals surface area contributed by atoms with Gasteiger partial charge in [0.2, 0.25) is 15.9 Å². The van der Waals surface area contributed by atoms with Crippen LogP contribution in [0.5, 0.6) is 11.6 Å². The van der Waals surface area contributed by atoms with E-state index in [0.29, 0.717) is 28.2 Å². The third kappa shape index (κ3) is 3.92. The van der Waals surface area contributed by atoms with Gasteiger partial charge in [-0.15, -0.1) is 0 Å². The first-order valence-electron chi connectivity index (χ1n) is 9.13. The molecule has 0 atom stereocenters. The molecule has 1 aromatic carbocycles. The number of benzene rings is 1. The summed E-state index contributed by atoms with van der Waals surface area (Å²) < 4.78 is 34.1. The quantitative estimate of drug-likeness (QED) is 0.458. The average molecular weight is 442 g/mol. The number of Topliss-reactive ketones (excluding diaryl/α,β-unsaturated/α-hetero) is 1. The van der Waals surface area contributed by atoms with Gasteiger partial charge in [0.25, 0.3) is 0 Å². The number of ether oxygens (including phenoxy) is 2. The maximum atomic E-state index is 12.1. The van der Waals surface area contributed by atoms with Gasteiger partial charge in [0, 0.05) is 23.6 Å². The highest BCUT2D eigenvalue weighted by Crippen LogP contribution is 2.38. The predicted octanol–water partition coefficient (Wildman–Crippen LogP) is 1.41. The predicted molar refractivity (Wildman–Crippen MR) is 111 cm³/mol. The molecule has 0 radical (unpaired) electrons. The molecular formula is C20H18N4O6S. The lowest BCUT2D eigenvalue weighted by Gasteiger charge is -2.30. The topological polar surface area (TPSA) is 142 Å². The van der Waals surface area contributed by atoms with Gasteiger partial charge in [0.15, 0.2) is 17.2 Å². The Kier molecular flexibility index (Phi) is 5.07. The highest BCUT2D eigenvalue weighted by atomic mass is 32.2. The maximum absolute atomic E-state index is 12.1. The molecule has 3 aromatic rings. The van der Waals surface area contributed by atoms with Crippen LogP contribution in [0.1, 0.15) is 22.8 Å². The van der Waals surface area contributed by atoms with Crippen LogP contribution in [0.25, 0.3) is 11.0 Å². The molecule has 0 saturated carbocycles. The lowest BCUT2D eigenvalue weighted by molar-refractivity contribution is -0.133. The Hall–Kier alpha value is -3.57. The molecule has 0 fully saturated rings. The van der Waals surface area contributed by atoms with Crippen LogP contribution < -0.4 is 19.5 Å². The number of hydrogen-bond acceptors (Lipinski definition) is 9. The van der Waals surface area contributed by atoms with Crippen LogP contribution in [0.3, 0.4) is 0 Å². The van der Waals surface area contributed by atoms with E-state index in [-0.39, 0.29) is 29.3 Å². The van der Waals surface area contributed by atoms with Crippen molar-refractivity contribution < 1.29 is 27.5 Å². The fourth-order valence-corrected chi connectivity index (χ4v) is 4.25. The van der Waals surface area contributed by atoms with Crippen molar-refractivity contribution in [2.24, 2.45) is 5.14 Å². The van der Waals surface area contributed by atoms with E-state index in [1.54, 1.807) is 23.1 Å². The Morgan fingerprint density at radius 1 is 1.29 bits per heavy atom. The Morgan fingerprint density at radius 2 is 2.06 bits per heavy atom. The summed E-state index contributed by atoms with van der Waals surface area (Å²) in [5, 5.41) is 5.87. The minimum absolute atomic E-state index is 0.00852. The number of hydrogen-bond donors (Lipinski definition) is 1. The number of fused-ring (bicyclic) bond motifs is 3. The number of pyridine rings is 2. The molecule has 160 valence electrons. The van der Waals surface area contributed by atoms with Crippen molar-refractivity contribution in [2.45, 2.75) is 18.4 Å². The van der Waals surface area contributed by atoms with Crippen LogP contribution in [0, 0.1) is 0 Å². The van der Waals surface area contributed by atoms with Crippen molar-refractivity contribution in [1.82, 2.24) is 9.97 Å². The lowest BCUT2D eigenvalue weighted by Crippen LogP contribution is -2.36. The second kappa shape index (κ2) is 7.60. The monoisotopic (exact) mass is 442 g/mol. The number of sulfonamides is 1. The molecule has 0 unspecified atom stereocenters. The highest BCUT2D eigenvalue weighted by Gasteiger charge is 2.28. The largest absolute Gasteiger partial charge is 0.481 e. The summed E-state index contributed by atoms with van der Waals surface area (Å²) in [4.78, 5) is 34.2. The molecule has 3 heterocycles. The Bertz CT molecular complexity index is 1340. The van der Waals surface area contributed by atoms with Gasteiger partial charge in [-0.05, 0) is 30.7 Å². The molecule has 10 nitrogen and oxygen atoms in total. The molecule has 2 aromatic heterocycles. The van der Waals surface area contributed by atoms with E-state index < -0.39 is 21.8 Å². The van der Waals surface area contributed by atoms with Crippen molar-refractivity contribution >= 4 is 38.5 Å². The summed E-state index contributed by atoms with van der Waals surface area (Å²) in [6.07, 6.45) is 1.42. The third-order valence-corrected chi connectivity index (χ3v) is 5.78. The van der Waals surface area contributed by atoms with Crippen LogP contribution in [0.2, 0.25) is 0 Å². The summed E-state index contributed by atoms with van der Waals surface area (Å²) in [6.45, 7) is 1.42. The van der Waals surface area contributed by atoms with Crippen molar-refractivity contribution in [3.05, 3.63) is 47.7 Å². The van der Waals surface area contributed by atoms with Gasteiger partial charge in [-0.2, -0.15) is 4.98 Å². The molecule has 31 heavy (non-hydrogen) atoms. The van der Waals surface area contributed by atoms with E-state index in [4.69, 9.17) is 14.6 Å². The number of anilines is 1. The number of nitrogens with two attached hydrogens (primary N) is 1. The molecular weight excluding hydrogens is 424 g/mol. The second-order valence-corrected chi connectivity index (χ2v) is 8.49. The van der Waals surface area contributed by atoms with Crippen LogP contribution in [0.15, 0.2) is 41.4 Å². The zero-order valence-corrected chi connectivity index (χ0v) is 17.5. The van der Waals surface area contributed by atoms with Crippen molar-refractivity contribution in [2.75, 3.05) is 18.6 Å².